The van der Waals surface area contributed by atoms with Crippen molar-refractivity contribution >= 4 is 11.6 Å². The van der Waals surface area contributed by atoms with Gasteiger partial charge < -0.3 is 9.64 Å². The highest BCUT2D eigenvalue weighted by molar-refractivity contribution is 6.06. The SMILES string of the molecule is CC.CCc1cccc(C(=O)N2CCCc3cc(OC)ccc32)c1. The van der Waals surface area contributed by atoms with Gasteiger partial charge in [0.2, 0.25) is 0 Å². The molecule has 1 aliphatic rings. The summed E-state index contributed by atoms with van der Waals surface area (Å²) < 4.78 is 5.29. The van der Waals surface area contributed by atoms with Crippen LogP contribution in [0.2, 0.25) is 0 Å². The van der Waals surface area contributed by atoms with Crippen LogP contribution < -0.4 is 9.64 Å². The topological polar surface area (TPSA) is 29.5 Å². The van der Waals surface area contributed by atoms with E-state index in [1.54, 1.807) is 7.11 Å². The van der Waals surface area contributed by atoms with Crippen LogP contribution in [0.4, 0.5) is 5.69 Å². The summed E-state index contributed by atoms with van der Waals surface area (Å²) in [4.78, 5) is 14.8. The van der Waals surface area contributed by atoms with Gasteiger partial charge in [0.05, 0.1) is 7.11 Å². The number of aryl methyl sites for hydroxylation is 2. The molecule has 0 aliphatic carbocycles. The first-order chi connectivity index (χ1) is 11.7. The van der Waals surface area contributed by atoms with Crippen LogP contribution in [0.15, 0.2) is 42.5 Å². The molecule has 0 N–H and O–H groups in total. The zero-order valence-electron chi connectivity index (χ0n) is 15.1. The Hall–Kier alpha value is -2.29. The van der Waals surface area contributed by atoms with Gasteiger partial charge in [-0.1, -0.05) is 32.9 Å². The van der Waals surface area contributed by atoms with Gasteiger partial charge in [-0.05, 0) is 60.7 Å². The zero-order chi connectivity index (χ0) is 17.5. The van der Waals surface area contributed by atoms with Crippen molar-refractivity contribution in [3.05, 3.63) is 59.2 Å². The van der Waals surface area contributed by atoms with Gasteiger partial charge in [-0.25, -0.2) is 0 Å². The van der Waals surface area contributed by atoms with Crippen LogP contribution in [0.5, 0.6) is 5.75 Å². The number of anilines is 1. The predicted molar refractivity (Wildman–Crippen MR) is 100 cm³/mol. The average molecular weight is 325 g/mol. The molecule has 0 bridgehead atoms. The molecular weight excluding hydrogens is 298 g/mol. The minimum absolute atomic E-state index is 0.0846. The van der Waals surface area contributed by atoms with Gasteiger partial charge in [0, 0.05) is 17.8 Å². The third-order valence-electron chi connectivity index (χ3n) is 4.23. The molecule has 2 aromatic carbocycles. The Kier molecular flexibility index (Phi) is 6.42. The lowest BCUT2D eigenvalue weighted by Crippen LogP contribution is -2.35. The van der Waals surface area contributed by atoms with E-state index in [2.05, 4.69) is 13.0 Å². The summed E-state index contributed by atoms with van der Waals surface area (Å²) in [5.74, 6) is 0.933. The van der Waals surface area contributed by atoms with E-state index in [1.165, 1.54) is 11.1 Å². The number of hydrogen-bond acceptors (Lipinski definition) is 2. The number of rotatable bonds is 3. The lowest BCUT2D eigenvalue weighted by molar-refractivity contribution is 0.0985. The number of hydrogen-bond donors (Lipinski definition) is 0. The second-order valence-corrected chi connectivity index (χ2v) is 5.61. The number of fused-ring (bicyclic) bond motifs is 1. The summed E-state index contributed by atoms with van der Waals surface area (Å²) in [6.45, 7) is 6.88. The Balaban J connectivity index is 0.00000100. The molecule has 3 nitrogen and oxygen atoms in total. The van der Waals surface area contributed by atoms with E-state index in [4.69, 9.17) is 4.74 Å². The number of methoxy groups -OCH3 is 1. The normalized spacial score (nSPS) is 12.8. The highest BCUT2D eigenvalue weighted by atomic mass is 16.5. The molecule has 1 heterocycles. The van der Waals surface area contributed by atoms with Crippen molar-refractivity contribution < 1.29 is 9.53 Å². The fourth-order valence-corrected chi connectivity index (χ4v) is 2.99. The molecule has 0 spiro atoms. The summed E-state index contributed by atoms with van der Waals surface area (Å²) in [5, 5.41) is 0. The molecule has 2 aromatic rings. The number of carbonyl (C=O) groups excluding carboxylic acids is 1. The van der Waals surface area contributed by atoms with Crippen molar-refractivity contribution in [3.8, 4) is 5.75 Å². The Bertz CT molecular complexity index is 694. The number of benzene rings is 2. The van der Waals surface area contributed by atoms with Gasteiger partial charge in [-0.3, -0.25) is 4.79 Å². The summed E-state index contributed by atoms with van der Waals surface area (Å²) in [6, 6.07) is 13.9. The Morgan fingerprint density at radius 3 is 2.67 bits per heavy atom. The fraction of sp³-hybridized carbons (Fsp3) is 0.381. The standard InChI is InChI=1S/C19H21NO2.C2H6/c1-3-14-6-4-7-16(12-14)19(21)20-11-5-8-15-13-17(22-2)9-10-18(15)20;1-2/h4,6-7,9-10,12-13H,3,5,8,11H2,1-2H3;1-2H3. The third kappa shape index (κ3) is 3.78. The first kappa shape index (κ1) is 18.1. The van der Waals surface area contributed by atoms with E-state index in [9.17, 15) is 4.79 Å². The lowest BCUT2D eigenvalue weighted by atomic mass is 10.00. The second-order valence-electron chi connectivity index (χ2n) is 5.61. The lowest BCUT2D eigenvalue weighted by Gasteiger charge is -2.30. The molecule has 1 aliphatic heterocycles. The van der Waals surface area contributed by atoms with E-state index < -0.39 is 0 Å². The van der Waals surface area contributed by atoms with Crippen LogP contribution in [0.1, 0.15) is 48.7 Å². The molecule has 0 unspecified atom stereocenters. The smallest absolute Gasteiger partial charge is 0.258 e. The Morgan fingerprint density at radius 2 is 1.96 bits per heavy atom. The van der Waals surface area contributed by atoms with Gasteiger partial charge in [0.25, 0.3) is 5.91 Å². The number of amides is 1. The van der Waals surface area contributed by atoms with Crippen molar-refractivity contribution in [2.75, 3.05) is 18.6 Å². The van der Waals surface area contributed by atoms with Crippen molar-refractivity contribution in [2.45, 2.75) is 40.0 Å². The van der Waals surface area contributed by atoms with Crippen molar-refractivity contribution in [2.24, 2.45) is 0 Å². The molecule has 3 rings (SSSR count). The van der Waals surface area contributed by atoms with Gasteiger partial charge in [-0.15, -0.1) is 0 Å². The van der Waals surface area contributed by atoms with Gasteiger partial charge in [0.1, 0.15) is 5.75 Å². The molecule has 0 saturated carbocycles. The maximum absolute atomic E-state index is 12.9. The number of carbonyl (C=O) groups is 1. The first-order valence-corrected chi connectivity index (χ1v) is 8.80. The van der Waals surface area contributed by atoms with Crippen LogP contribution >= 0.6 is 0 Å². The van der Waals surface area contributed by atoms with E-state index in [0.717, 1.165) is 42.8 Å². The van der Waals surface area contributed by atoms with Crippen LogP contribution in [0.3, 0.4) is 0 Å². The van der Waals surface area contributed by atoms with Gasteiger partial charge >= 0.3 is 0 Å². The highest BCUT2D eigenvalue weighted by Crippen LogP contribution is 2.31. The first-order valence-electron chi connectivity index (χ1n) is 8.80. The maximum atomic E-state index is 12.9. The molecule has 128 valence electrons. The van der Waals surface area contributed by atoms with E-state index in [1.807, 2.05) is 55.1 Å². The predicted octanol–water partition coefficient (Wildman–Crippen LogP) is 4.88. The minimum atomic E-state index is 0.0846. The largest absolute Gasteiger partial charge is 0.497 e. The molecule has 0 aromatic heterocycles. The van der Waals surface area contributed by atoms with Crippen LogP contribution in [-0.4, -0.2) is 19.6 Å². The Morgan fingerprint density at radius 1 is 1.17 bits per heavy atom. The maximum Gasteiger partial charge on any atom is 0.258 e. The van der Waals surface area contributed by atoms with Crippen molar-refractivity contribution in [1.82, 2.24) is 0 Å². The Labute approximate surface area is 145 Å². The molecule has 0 atom stereocenters. The quantitative estimate of drug-likeness (QED) is 0.805. The third-order valence-corrected chi connectivity index (χ3v) is 4.23. The molecular formula is C21H27NO2. The summed E-state index contributed by atoms with van der Waals surface area (Å²) >= 11 is 0. The van der Waals surface area contributed by atoms with Crippen LogP contribution in [-0.2, 0) is 12.8 Å². The van der Waals surface area contributed by atoms with E-state index in [0.29, 0.717) is 0 Å². The molecule has 0 radical (unpaired) electrons. The van der Waals surface area contributed by atoms with Crippen LogP contribution in [0.25, 0.3) is 0 Å². The molecule has 3 heteroatoms. The van der Waals surface area contributed by atoms with Gasteiger partial charge in [0.15, 0.2) is 0 Å². The zero-order valence-corrected chi connectivity index (χ0v) is 15.1. The van der Waals surface area contributed by atoms with Crippen molar-refractivity contribution in [3.63, 3.8) is 0 Å². The average Bonchev–Trinajstić information content (AvgIpc) is 2.68. The highest BCUT2D eigenvalue weighted by Gasteiger charge is 2.24. The number of nitrogens with zero attached hydrogens (tertiary/aromatic N) is 1. The molecule has 0 saturated heterocycles. The molecule has 0 fully saturated rings. The fourth-order valence-electron chi connectivity index (χ4n) is 2.99. The molecule has 24 heavy (non-hydrogen) atoms. The summed E-state index contributed by atoms with van der Waals surface area (Å²) in [6.07, 6.45) is 2.92. The summed E-state index contributed by atoms with van der Waals surface area (Å²) in [7, 11) is 1.67. The van der Waals surface area contributed by atoms with E-state index in [-0.39, 0.29) is 5.91 Å². The second kappa shape index (κ2) is 8.53. The van der Waals surface area contributed by atoms with Crippen LogP contribution in [0, 0.1) is 0 Å². The number of ether oxygens (including phenoxy) is 1. The molecule has 1 amide bonds. The summed E-state index contributed by atoms with van der Waals surface area (Å²) in [5.41, 5.74) is 4.16. The minimum Gasteiger partial charge on any atom is -0.497 e. The van der Waals surface area contributed by atoms with Crippen molar-refractivity contribution in [1.29, 1.82) is 0 Å². The van der Waals surface area contributed by atoms with E-state index >= 15 is 0 Å². The van der Waals surface area contributed by atoms with Gasteiger partial charge in [-0.2, -0.15) is 0 Å². The monoisotopic (exact) mass is 325 g/mol.